The predicted octanol–water partition coefficient (Wildman–Crippen LogP) is 4.26. The third-order valence-corrected chi connectivity index (χ3v) is 2.64. The molecule has 2 N–H and O–H groups in total. The second-order valence-electron chi connectivity index (χ2n) is 4.18. The fourth-order valence-electron chi connectivity index (χ4n) is 1.95. The number of nitrogens with two attached hydrogens (primary N) is 1. The summed E-state index contributed by atoms with van der Waals surface area (Å²) in [4.78, 5) is 0. The van der Waals surface area contributed by atoms with Crippen LogP contribution in [0.2, 0.25) is 0 Å². The van der Waals surface area contributed by atoms with Gasteiger partial charge in [-0.15, -0.1) is 0 Å². The number of rotatable bonds is 1. The molecule has 94 valence electrons. The van der Waals surface area contributed by atoms with Gasteiger partial charge < -0.3 is 5.73 Å². The zero-order valence-electron chi connectivity index (χ0n) is 9.75. The Morgan fingerprint density at radius 2 is 1.67 bits per heavy atom. The third kappa shape index (κ3) is 2.47. The highest BCUT2D eigenvalue weighted by Gasteiger charge is 2.33. The highest BCUT2D eigenvalue weighted by molar-refractivity contribution is 5.71. The zero-order chi connectivity index (χ0) is 13.3. The van der Waals surface area contributed by atoms with Gasteiger partial charge in [-0.2, -0.15) is 13.2 Å². The van der Waals surface area contributed by atoms with E-state index in [-0.39, 0.29) is 5.56 Å². The first-order chi connectivity index (χ1) is 8.38. The van der Waals surface area contributed by atoms with Gasteiger partial charge in [0, 0.05) is 5.69 Å². The molecule has 0 aliphatic heterocycles. The number of hydrogen-bond acceptors (Lipinski definition) is 1. The Kier molecular flexibility index (Phi) is 3.03. The molecule has 0 bridgehead atoms. The topological polar surface area (TPSA) is 26.0 Å². The van der Waals surface area contributed by atoms with Crippen LogP contribution in [-0.2, 0) is 6.18 Å². The molecule has 18 heavy (non-hydrogen) atoms. The Labute approximate surface area is 103 Å². The van der Waals surface area contributed by atoms with Crippen LogP contribution >= 0.6 is 0 Å². The van der Waals surface area contributed by atoms with Crippen LogP contribution in [0, 0.1) is 6.92 Å². The summed E-state index contributed by atoms with van der Waals surface area (Å²) >= 11 is 0. The lowest BCUT2D eigenvalue weighted by molar-refractivity contribution is -0.137. The molecule has 0 saturated carbocycles. The maximum absolute atomic E-state index is 12.9. The molecule has 0 radical (unpaired) electrons. The second-order valence-corrected chi connectivity index (χ2v) is 4.18. The van der Waals surface area contributed by atoms with Crippen molar-refractivity contribution < 1.29 is 13.2 Å². The number of benzene rings is 2. The molecule has 0 spiro atoms. The number of hydrogen-bond donors (Lipinski definition) is 1. The van der Waals surface area contributed by atoms with Gasteiger partial charge in [0.2, 0.25) is 0 Å². The summed E-state index contributed by atoms with van der Waals surface area (Å²) in [7, 11) is 0. The van der Waals surface area contributed by atoms with E-state index in [4.69, 9.17) is 5.73 Å². The molecule has 2 aromatic carbocycles. The van der Waals surface area contributed by atoms with Gasteiger partial charge in [-0.1, -0.05) is 24.3 Å². The predicted molar refractivity (Wildman–Crippen MR) is 66.0 cm³/mol. The molecular formula is C14H12F3N. The van der Waals surface area contributed by atoms with E-state index in [9.17, 15) is 13.2 Å². The molecule has 0 aliphatic carbocycles. The minimum atomic E-state index is -4.37. The zero-order valence-corrected chi connectivity index (χ0v) is 9.75. The summed E-state index contributed by atoms with van der Waals surface area (Å²) in [6, 6.07) is 10.5. The van der Waals surface area contributed by atoms with Gasteiger partial charge in [-0.25, -0.2) is 0 Å². The molecular weight excluding hydrogens is 239 g/mol. The third-order valence-electron chi connectivity index (χ3n) is 2.64. The minimum absolute atomic E-state index is 0.153. The molecule has 0 amide bonds. The van der Waals surface area contributed by atoms with Crippen LogP contribution in [-0.4, -0.2) is 0 Å². The Hall–Kier alpha value is -1.97. The van der Waals surface area contributed by atoms with Crippen LogP contribution in [0.15, 0.2) is 42.5 Å². The highest BCUT2D eigenvalue weighted by Crippen LogP contribution is 2.37. The SMILES string of the molecule is Cc1cc(N)cc(-c2ccccc2C(F)(F)F)c1. The number of anilines is 1. The van der Waals surface area contributed by atoms with Crippen LogP contribution in [0.4, 0.5) is 18.9 Å². The Morgan fingerprint density at radius 3 is 2.28 bits per heavy atom. The van der Waals surface area contributed by atoms with Crippen LogP contribution in [0.5, 0.6) is 0 Å². The standard InChI is InChI=1S/C14H12F3N/c1-9-6-10(8-11(18)7-9)12-4-2-3-5-13(12)14(15,16)17/h2-8H,18H2,1H3. The number of aryl methyl sites for hydroxylation is 1. The lowest BCUT2D eigenvalue weighted by atomic mass is 9.97. The van der Waals surface area contributed by atoms with E-state index in [2.05, 4.69) is 0 Å². The van der Waals surface area contributed by atoms with Crippen molar-refractivity contribution in [3.63, 3.8) is 0 Å². The van der Waals surface area contributed by atoms with Crippen molar-refractivity contribution in [2.75, 3.05) is 5.73 Å². The number of alkyl halides is 3. The van der Waals surface area contributed by atoms with Crippen molar-refractivity contribution in [3.05, 3.63) is 53.6 Å². The van der Waals surface area contributed by atoms with Crippen LogP contribution in [0.25, 0.3) is 11.1 Å². The molecule has 0 aromatic heterocycles. The van der Waals surface area contributed by atoms with Gasteiger partial charge in [-0.3, -0.25) is 0 Å². The fraction of sp³-hybridized carbons (Fsp3) is 0.143. The molecule has 0 fully saturated rings. The summed E-state index contributed by atoms with van der Waals surface area (Å²) < 4.78 is 38.7. The minimum Gasteiger partial charge on any atom is -0.399 e. The maximum Gasteiger partial charge on any atom is 0.417 e. The van der Waals surface area contributed by atoms with Crippen molar-refractivity contribution in [3.8, 4) is 11.1 Å². The summed E-state index contributed by atoms with van der Waals surface area (Å²) in [6.07, 6.45) is -4.37. The van der Waals surface area contributed by atoms with Crippen molar-refractivity contribution in [2.45, 2.75) is 13.1 Å². The first-order valence-electron chi connectivity index (χ1n) is 5.42. The fourth-order valence-corrected chi connectivity index (χ4v) is 1.95. The van der Waals surface area contributed by atoms with Gasteiger partial charge in [0.05, 0.1) is 5.56 Å². The van der Waals surface area contributed by atoms with Crippen LogP contribution in [0.3, 0.4) is 0 Å². The van der Waals surface area contributed by atoms with Crippen LogP contribution in [0.1, 0.15) is 11.1 Å². The summed E-state index contributed by atoms with van der Waals surface area (Å²) in [6.45, 7) is 1.80. The molecule has 2 rings (SSSR count). The van der Waals surface area contributed by atoms with Gasteiger partial charge >= 0.3 is 6.18 Å². The van der Waals surface area contributed by atoms with E-state index < -0.39 is 11.7 Å². The highest BCUT2D eigenvalue weighted by atomic mass is 19.4. The molecule has 4 heteroatoms. The average Bonchev–Trinajstić information content (AvgIpc) is 2.26. The first kappa shape index (κ1) is 12.5. The van der Waals surface area contributed by atoms with E-state index in [0.717, 1.165) is 11.6 Å². The van der Waals surface area contributed by atoms with Crippen molar-refractivity contribution in [1.82, 2.24) is 0 Å². The molecule has 0 atom stereocenters. The Morgan fingerprint density at radius 1 is 1.00 bits per heavy atom. The summed E-state index contributed by atoms with van der Waals surface area (Å²) in [5, 5.41) is 0. The normalized spacial score (nSPS) is 11.6. The quantitative estimate of drug-likeness (QED) is 0.753. The summed E-state index contributed by atoms with van der Waals surface area (Å²) in [5.74, 6) is 0. The molecule has 2 aromatic rings. The number of halogens is 3. The second kappa shape index (κ2) is 4.37. The lowest BCUT2D eigenvalue weighted by Crippen LogP contribution is -2.07. The van der Waals surface area contributed by atoms with E-state index in [1.165, 1.54) is 12.1 Å². The van der Waals surface area contributed by atoms with Gasteiger partial charge in [0.25, 0.3) is 0 Å². The maximum atomic E-state index is 12.9. The largest absolute Gasteiger partial charge is 0.417 e. The average molecular weight is 251 g/mol. The lowest BCUT2D eigenvalue weighted by Gasteiger charge is -2.13. The van der Waals surface area contributed by atoms with E-state index in [1.54, 1.807) is 31.2 Å². The van der Waals surface area contributed by atoms with Gasteiger partial charge in [-0.05, 0) is 41.8 Å². The molecule has 0 aliphatic rings. The molecule has 0 saturated heterocycles. The van der Waals surface area contributed by atoms with Gasteiger partial charge in [0.1, 0.15) is 0 Å². The monoisotopic (exact) mass is 251 g/mol. The molecule has 0 heterocycles. The summed E-state index contributed by atoms with van der Waals surface area (Å²) in [5.41, 5.74) is 6.97. The van der Waals surface area contributed by atoms with E-state index in [0.29, 0.717) is 11.3 Å². The number of nitrogen functional groups attached to an aromatic ring is 1. The van der Waals surface area contributed by atoms with E-state index in [1.807, 2.05) is 0 Å². The van der Waals surface area contributed by atoms with Crippen molar-refractivity contribution >= 4 is 5.69 Å². The van der Waals surface area contributed by atoms with Crippen LogP contribution < -0.4 is 5.73 Å². The van der Waals surface area contributed by atoms with Crippen molar-refractivity contribution in [2.24, 2.45) is 0 Å². The van der Waals surface area contributed by atoms with E-state index >= 15 is 0 Å². The Balaban J connectivity index is 2.64. The smallest absolute Gasteiger partial charge is 0.399 e. The first-order valence-corrected chi connectivity index (χ1v) is 5.42. The van der Waals surface area contributed by atoms with Gasteiger partial charge in [0.15, 0.2) is 0 Å². The molecule has 0 unspecified atom stereocenters. The molecule has 1 nitrogen and oxygen atoms in total. The Bertz CT molecular complexity index is 553. The van der Waals surface area contributed by atoms with Crippen molar-refractivity contribution in [1.29, 1.82) is 0 Å².